The number of thiophene rings is 1. The molecule has 2 aromatic heterocycles. The van der Waals surface area contributed by atoms with Crippen LogP contribution in [0.25, 0.3) is 0 Å². The van der Waals surface area contributed by atoms with Gasteiger partial charge in [-0.3, -0.25) is 4.68 Å². The van der Waals surface area contributed by atoms with Gasteiger partial charge in [-0.1, -0.05) is 6.92 Å². The highest BCUT2D eigenvalue weighted by molar-refractivity contribution is 9.10. The van der Waals surface area contributed by atoms with Crippen molar-refractivity contribution in [3.05, 3.63) is 32.2 Å². The Morgan fingerprint density at radius 2 is 2.37 bits per heavy atom. The highest BCUT2D eigenvalue weighted by atomic mass is 79.9. The van der Waals surface area contributed by atoms with E-state index in [1.807, 2.05) is 17.1 Å². The fourth-order valence-electron chi connectivity index (χ4n) is 1.63. The predicted octanol–water partition coefficient (Wildman–Crippen LogP) is 3.80. The second-order valence-corrected chi connectivity index (χ2v) is 6.68. The predicted molar refractivity (Wildman–Crippen MR) is 81.1 cm³/mol. The van der Waals surface area contributed by atoms with Crippen molar-refractivity contribution in [1.29, 1.82) is 0 Å². The maximum atomic E-state index is 10.8. The second-order valence-electron chi connectivity index (χ2n) is 3.93. The van der Waals surface area contributed by atoms with Crippen molar-refractivity contribution in [1.82, 2.24) is 9.78 Å². The van der Waals surface area contributed by atoms with E-state index in [1.165, 1.54) is 11.3 Å². The molecule has 0 unspecified atom stereocenters. The molecule has 7 heteroatoms. The fraction of sp³-hybridized carbons (Fsp3) is 0.333. The topological polar surface area (TPSA) is 55.1 Å². The Morgan fingerprint density at radius 1 is 1.63 bits per heavy atom. The number of hydrogen-bond donors (Lipinski definition) is 1. The van der Waals surface area contributed by atoms with Gasteiger partial charge in [-0.2, -0.15) is 5.10 Å². The van der Waals surface area contributed by atoms with Gasteiger partial charge in [0.2, 0.25) is 0 Å². The third-order valence-corrected chi connectivity index (χ3v) is 5.63. The van der Waals surface area contributed by atoms with Gasteiger partial charge in [0.25, 0.3) is 0 Å². The molecule has 4 nitrogen and oxygen atoms in total. The number of aromatic carboxylic acids is 1. The summed E-state index contributed by atoms with van der Waals surface area (Å²) in [6, 6.07) is 1.71. The summed E-state index contributed by atoms with van der Waals surface area (Å²) in [5, 5.41) is 15.2. The van der Waals surface area contributed by atoms with Crippen LogP contribution in [0.5, 0.6) is 0 Å². The number of aromatic nitrogens is 2. The summed E-state index contributed by atoms with van der Waals surface area (Å²) in [6.45, 7) is 2.07. The molecule has 0 fully saturated rings. The molecule has 0 aromatic carbocycles. The number of aryl methyl sites for hydroxylation is 2. The van der Waals surface area contributed by atoms with Gasteiger partial charge in [0.05, 0.1) is 15.9 Å². The van der Waals surface area contributed by atoms with Crippen molar-refractivity contribution in [3.63, 3.8) is 0 Å². The maximum Gasteiger partial charge on any atom is 0.345 e. The van der Waals surface area contributed by atoms with Crippen molar-refractivity contribution in [2.24, 2.45) is 7.05 Å². The zero-order chi connectivity index (χ0) is 14.0. The third kappa shape index (κ3) is 3.21. The lowest BCUT2D eigenvalue weighted by atomic mass is 10.3. The first-order valence-electron chi connectivity index (χ1n) is 5.67. The number of halogens is 1. The van der Waals surface area contributed by atoms with Crippen molar-refractivity contribution >= 4 is 45.0 Å². The van der Waals surface area contributed by atoms with E-state index in [2.05, 4.69) is 28.0 Å². The number of carbonyl (C=O) groups is 1. The molecule has 19 heavy (non-hydrogen) atoms. The van der Waals surface area contributed by atoms with Crippen LogP contribution in [-0.2, 0) is 19.2 Å². The summed E-state index contributed by atoms with van der Waals surface area (Å²) < 4.78 is 2.93. The highest BCUT2D eigenvalue weighted by Crippen LogP contribution is 2.31. The van der Waals surface area contributed by atoms with Gasteiger partial charge >= 0.3 is 5.97 Å². The molecule has 0 radical (unpaired) electrons. The van der Waals surface area contributed by atoms with Crippen LogP contribution in [0.15, 0.2) is 20.8 Å². The molecule has 0 saturated carbocycles. The van der Waals surface area contributed by atoms with E-state index in [-0.39, 0.29) is 0 Å². The minimum Gasteiger partial charge on any atom is -0.477 e. The number of carboxylic acids is 1. The summed E-state index contributed by atoms with van der Waals surface area (Å²) in [4.78, 5) is 12.2. The van der Waals surface area contributed by atoms with Crippen molar-refractivity contribution in [2.75, 3.05) is 0 Å². The Hall–Kier alpha value is -0.790. The zero-order valence-corrected chi connectivity index (χ0v) is 13.7. The van der Waals surface area contributed by atoms with E-state index in [1.54, 1.807) is 17.8 Å². The van der Waals surface area contributed by atoms with Gasteiger partial charge in [-0.05, 0) is 28.4 Å². The molecule has 0 aliphatic rings. The standard InChI is InChI=1S/C12H13BrN2O2S2/c1-3-8-11(13)9(15(2)14-8)6-18-7-4-10(12(16)17)19-5-7/h4-5H,3,6H2,1-2H3,(H,16,17). The van der Waals surface area contributed by atoms with E-state index in [4.69, 9.17) is 5.11 Å². The summed E-state index contributed by atoms with van der Waals surface area (Å²) in [7, 11) is 1.93. The number of rotatable bonds is 5. The number of carboxylic acid groups (broad SMARTS) is 1. The Labute approximate surface area is 128 Å². The van der Waals surface area contributed by atoms with E-state index in [0.717, 1.165) is 32.9 Å². The highest BCUT2D eigenvalue weighted by Gasteiger charge is 2.13. The van der Waals surface area contributed by atoms with Crippen LogP contribution in [-0.4, -0.2) is 20.9 Å². The third-order valence-electron chi connectivity index (χ3n) is 2.66. The molecule has 102 valence electrons. The van der Waals surface area contributed by atoms with E-state index in [0.29, 0.717) is 4.88 Å². The minimum absolute atomic E-state index is 0.376. The van der Waals surface area contributed by atoms with Crippen LogP contribution in [0.1, 0.15) is 28.0 Å². The first-order chi connectivity index (χ1) is 9.02. The molecule has 2 aromatic rings. The van der Waals surface area contributed by atoms with E-state index >= 15 is 0 Å². The normalized spacial score (nSPS) is 10.9. The fourth-order valence-corrected chi connectivity index (χ4v) is 4.51. The van der Waals surface area contributed by atoms with Crippen molar-refractivity contribution in [2.45, 2.75) is 24.0 Å². The average molecular weight is 361 g/mol. The van der Waals surface area contributed by atoms with Crippen LogP contribution in [0.3, 0.4) is 0 Å². The molecule has 0 aliphatic heterocycles. The molecule has 1 N–H and O–H groups in total. The summed E-state index contributed by atoms with van der Waals surface area (Å²) in [5.41, 5.74) is 2.17. The lowest BCUT2D eigenvalue weighted by Crippen LogP contribution is -1.96. The zero-order valence-electron chi connectivity index (χ0n) is 10.5. The Kier molecular flexibility index (Phi) is 4.70. The molecule has 2 rings (SSSR count). The monoisotopic (exact) mass is 360 g/mol. The molecule has 0 bridgehead atoms. The van der Waals surface area contributed by atoms with Gasteiger partial charge < -0.3 is 5.11 Å². The molecule has 0 aliphatic carbocycles. The van der Waals surface area contributed by atoms with Gasteiger partial charge in [-0.15, -0.1) is 23.1 Å². The first-order valence-corrected chi connectivity index (χ1v) is 8.33. The summed E-state index contributed by atoms with van der Waals surface area (Å²) >= 11 is 6.45. The maximum absolute atomic E-state index is 10.8. The van der Waals surface area contributed by atoms with Crippen LogP contribution >= 0.6 is 39.0 Å². The average Bonchev–Trinajstić information content (AvgIpc) is 2.93. The Morgan fingerprint density at radius 3 is 2.89 bits per heavy atom. The number of thioether (sulfide) groups is 1. The molecule has 0 atom stereocenters. The van der Waals surface area contributed by atoms with Crippen molar-refractivity contribution in [3.8, 4) is 0 Å². The SMILES string of the molecule is CCc1nn(C)c(CSc2csc(C(=O)O)c2)c1Br. The van der Waals surface area contributed by atoms with Crippen LogP contribution in [0, 0.1) is 0 Å². The second kappa shape index (κ2) is 6.11. The van der Waals surface area contributed by atoms with Gasteiger partial charge in [0.1, 0.15) is 4.88 Å². The smallest absolute Gasteiger partial charge is 0.345 e. The first kappa shape index (κ1) is 14.6. The molecular formula is C12H13BrN2O2S2. The number of hydrogen-bond acceptors (Lipinski definition) is 4. The van der Waals surface area contributed by atoms with Crippen LogP contribution in [0.4, 0.5) is 0 Å². The Balaban J connectivity index is 2.09. The quantitative estimate of drug-likeness (QED) is 0.823. The van der Waals surface area contributed by atoms with Gasteiger partial charge in [0, 0.05) is 23.1 Å². The summed E-state index contributed by atoms with van der Waals surface area (Å²) in [6.07, 6.45) is 0.890. The van der Waals surface area contributed by atoms with E-state index in [9.17, 15) is 4.79 Å². The van der Waals surface area contributed by atoms with Crippen LogP contribution in [0.2, 0.25) is 0 Å². The van der Waals surface area contributed by atoms with E-state index < -0.39 is 5.97 Å². The lowest BCUT2D eigenvalue weighted by molar-refractivity contribution is 0.0702. The molecule has 0 spiro atoms. The van der Waals surface area contributed by atoms with Gasteiger partial charge in [0.15, 0.2) is 0 Å². The Bertz CT molecular complexity index is 607. The van der Waals surface area contributed by atoms with Crippen LogP contribution < -0.4 is 0 Å². The molecular weight excluding hydrogens is 348 g/mol. The van der Waals surface area contributed by atoms with Gasteiger partial charge in [-0.25, -0.2) is 4.79 Å². The minimum atomic E-state index is -0.869. The lowest BCUT2D eigenvalue weighted by Gasteiger charge is -2.01. The summed E-state index contributed by atoms with van der Waals surface area (Å²) in [5.74, 6) is -0.105. The molecule has 0 amide bonds. The molecule has 2 heterocycles. The number of nitrogens with zero attached hydrogens (tertiary/aromatic N) is 2. The molecule has 0 saturated heterocycles. The van der Waals surface area contributed by atoms with Crippen molar-refractivity contribution < 1.29 is 9.90 Å². The largest absolute Gasteiger partial charge is 0.477 e.